The van der Waals surface area contributed by atoms with Gasteiger partial charge in [-0.3, -0.25) is 4.79 Å². The zero-order chi connectivity index (χ0) is 14.2. The summed E-state index contributed by atoms with van der Waals surface area (Å²) in [6.45, 7) is 5.62. The molecule has 0 aliphatic rings. The van der Waals surface area contributed by atoms with Crippen LogP contribution in [0, 0.1) is 13.8 Å². The number of nitrogen functional groups attached to an aromatic ring is 1. The first kappa shape index (κ1) is 13.1. The first-order chi connectivity index (χ1) is 8.95. The number of carbonyl (C=O) groups is 1. The van der Waals surface area contributed by atoms with Crippen molar-refractivity contribution in [3.8, 4) is 0 Å². The Bertz CT molecular complexity index is 715. The Hall–Kier alpha value is -2.30. The van der Waals surface area contributed by atoms with Crippen molar-refractivity contribution in [2.45, 2.75) is 20.8 Å². The lowest BCUT2D eigenvalue weighted by Crippen LogP contribution is -2.20. The first-order valence-electron chi connectivity index (χ1n) is 5.96. The van der Waals surface area contributed by atoms with Crippen LogP contribution in [0.5, 0.6) is 0 Å². The summed E-state index contributed by atoms with van der Waals surface area (Å²) in [5.41, 5.74) is 7.25. The highest BCUT2D eigenvalue weighted by Gasteiger charge is 2.20. The van der Waals surface area contributed by atoms with Gasteiger partial charge in [0.2, 0.25) is 11.3 Å². The van der Waals surface area contributed by atoms with E-state index in [0.717, 1.165) is 11.1 Å². The van der Waals surface area contributed by atoms with Crippen LogP contribution < -0.4 is 11.2 Å². The predicted molar refractivity (Wildman–Crippen MR) is 72.3 cm³/mol. The second kappa shape index (κ2) is 4.76. The van der Waals surface area contributed by atoms with E-state index in [-0.39, 0.29) is 18.1 Å². The van der Waals surface area contributed by atoms with Crippen LogP contribution in [-0.4, -0.2) is 12.6 Å². The molecule has 1 aromatic carbocycles. The molecule has 1 aromatic heterocycles. The average molecular weight is 261 g/mol. The Morgan fingerprint density at radius 1 is 1.32 bits per heavy atom. The van der Waals surface area contributed by atoms with Crippen molar-refractivity contribution in [3.05, 3.63) is 39.0 Å². The number of rotatable bonds is 2. The minimum atomic E-state index is -0.756. The fourth-order valence-electron chi connectivity index (χ4n) is 1.86. The topological polar surface area (TPSA) is 82.5 Å². The molecule has 2 rings (SSSR count). The van der Waals surface area contributed by atoms with E-state index >= 15 is 0 Å². The van der Waals surface area contributed by atoms with Crippen LogP contribution in [-0.2, 0) is 4.74 Å². The van der Waals surface area contributed by atoms with Gasteiger partial charge in [-0.05, 0) is 44.0 Å². The summed E-state index contributed by atoms with van der Waals surface area (Å²) in [5, 5.41) is 0.334. The van der Waals surface area contributed by atoms with E-state index in [1.807, 2.05) is 13.8 Å². The van der Waals surface area contributed by atoms with E-state index in [1.165, 1.54) is 0 Å². The molecule has 0 atom stereocenters. The van der Waals surface area contributed by atoms with Gasteiger partial charge in [0, 0.05) is 0 Å². The molecular formula is C14H15NO4. The third-order valence-electron chi connectivity index (χ3n) is 3.01. The van der Waals surface area contributed by atoms with Crippen molar-refractivity contribution in [1.82, 2.24) is 0 Å². The summed E-state index contributed by atoms with van der Waals surface area (Å²) in [6, 6.07) is 3.43. The molecule has 2 N–H and O–H groups in total. The monoisotopic (exact) mass is 261 g/mol. The number of carbonyl (C=O) groups excluding carboxylic acids is 1. The Morgan fingerprint density at radius 3 is 2.58 bits per heavy atom. The lowest BCUT2D eigenvalue weighted by atomic mass is 10.1. The predicted octanol–water partition coefficient (Wildman–Crippen LogP) is 2.17. The molecule has 0 aliphatic heterocycles. The van der Waals surface area contributed by atoms with Gasteiger partial charge in [-0.15, -0.1) is 0 Å². The molecule has 0 aliphatic carbocycles. The number of anilines is 1. The molecule has 0 fully saturated rings. The summed E-state index contributed by atoms with van der Waals surface area (Å²) < 4.78 is 10.2. The fourth-order valence-corrected chi connectivity index (χ4v) is 1.86. The lowest BCUT2D eigenvalue weighted by Gasteiger charge is -2.07. The quantitative estimate of drug-likeness (QED) is 0.838. The summed E-state index contributed by atoms with van der Waals surface area (Å²) in [5.74, 6) is -0.965. The van der Waals surface area contributed by atoms with Gasteiger partial charge in [0.15, 0.2) is 5.56 Å². The van der Waals surface area contributed by atoms with E-state index in [4.69, 9.17) is 14.9 Å². The van der Waals surface area contributed by atoms with Crippen LogP contribution in [0.1, 0.15) is 28.4 Å². The van der Waals surface area contributed by atoms with Crippen LogP contribution in [0.25, 0.3) is 11.0 Å². The maximum atomic E-state index is 12.3. The third-order valence-corrected chi connectivity index (χ3v) is 3.01. The van der Waals surface area contributed by atoms with Gasteiger partial charge in [-0.1, -0.05) is 0 Å². The van der Waals surface area contributed by atoms with Gasteiger partial charge in [-0.2, -0.15) is 0 Å². The first-order valence-corrected chi connectivity index (χ1v) is 5.96. The Morgan fingerprint density at radius 2 is 1.95 bits per heavy atom. The smallest absolute Gasteiger partial charge is 0.347 e. The van der Waals surface area contributed by atoms with E-state index in [2.05, 4.69) is 0 Å². The summed E-state index contributed by atoms with van der Waals surface area (Å²) in [7, 11) is 0. The lowest BCUT2D eigenvalue weighted by molar-refractivity contribution is 0.0524. The summed E-state index contributed by atoms with van der Waals surface area (Å²) >= 11 is 0. The van der Waals surface area contributed by atoms with Crippen molar-refractivity contribution in [2.75, 3.05) is 12.3 Å². The SMILES string of the molecule is CCOC(=O)c1c(N)oc2cc(C)c(C)cc2c1=O. The number of hydrogen-bond donors (Lipinski definition) is 1. The van der Waals surface area contributed by atoms with Gasteiger partial charge in [0.1, 0.15) is 5.58 Å². The molecule has 0 spiro atoms. The van der Waals surface area contributed by atoms with Gasteiger partial charge in [0.25, 0.3) is 0 Å². The highest BCUT2D eigenvalue weighted by atomic mass is 16.5. The molecule has 0 radical (unpaired) electrons. The molecule has 2 aromatic rings. The third kappa shape index (κ3) is 2.19. The van der Waals surface area contributed by atoms with Crippen LogP contribution in [0.3, 0.4) is 0 Å². The van der Waals surface area contributed by atoms with E-state index in [9.17, 15) is 9.59 Å². The molecule has 0 bridgehead atoms. The molecule has 0 unspecified atom stereocenters. The highest BCUT2D eigenvalue weighted by Crippen LogP contribution is 2.21. The van der Waals surface area contributed by atoms with Gasteiger partial charge in [-0.25, -0.2) is 4.79 Å². The molecule has 5 nitrogen and oxygen atoms in total. The maximum Gasteiger partial charge on any atom is 0.347 e. The molecule has 0 saturated carbocycles. The molecule has 1 heterocycles. The number of nitrogens with two attached hydrogens (primary N) is 1. The standard InChI is InChI=1S/C14H15NO4/c1-4-18-14(17)11-12(16)9-5-7(2)8(3)6-10(9)19-13(11)15/h5-6H,4,15H2,1-3H3. The van der Waals surface area contributed by atoms with E-state index in [1.54, 1.807) is 19.1 Å². The fraction of sp³-hybridized carbons (Fsp3) is 0.286. The Balaban J connectivity index is 2.78. The molecule has 0 saturated heterocycles. The minimum absolute atomic E-state index is 0.169. The van der Waals surface area contributed by atoms with Gasteiger partial charge >= 0.3 is 5.97 Å². The number of aryl methyl sites for hydroxylation is 2. The number of hydrogen-bond acceptors (Lipinski definition) is 5. The Labute approximate surface area is 110 Å². The van der Waals surface area contributed by atoms with Crippen molar-refractivity contribution in [3.63, 3.8) is 0 Å². The van der Waals surface area contributed by atoms with Crippen LogP contribution >= 0.6 is 0 Å². The molecule has 5 heteroatoms. The number of ether oxygens (including phenoxy) is 1. The van der Waals surface area contributed by atoms with Gasteiger partial charge < -0.3 is 14.9 Å². The molecular weight excluding hydrogens is 246 g/mol. The van der Waals surface area contributed by atoms with Crippen LogP contribution in [0.4, 0.5) is 5.88 Å². The van der Waals surface area contributed by atoms with Crippen molar-refractivity contribution < 1.29 is 13.9 Å². The van der Waals surface area contributed by atoms with Gasteiger partial charge in [0.05, 0.1) is 12.0 Å². The maximum absolute atomic E-state index is 12.3. The van der Waals surface area contributed by atoms with Crippen molar-refractivity contribution in [2.24, 2.45) is 0 Å². The normalized spacial score (nSPS) is 10.7. The number of esters is 1. The molecule has 100 valence electrons. The van der Waals surface area contributed by atoms with Crippen molar-refractivity contribution in [1.29, 1.82) is 0 Å². The zero-order valence-corrected chi connectivity index (χ0v) is 11.1. The molecule has 0 amide bonds. The van der Waals surface area contributed by atoms with E-state index in [0.29, 0.717) is 11.0 Å². The summed E-state index contributed by atoms with van der Waals surface area (Å²) in [6.07, 6.45) is 0. The highest BCUT2D eigenvalue weighted by molar-refractivity contribution is 5.97. The van der Waals surface area contributed by atoms with Crippen LogP contribution in [0.2, 0.25) is 0 Å². The molecule has 19 heavy (non-hydrogen) atoms. The Kier molecular flexibility index (Phi) is 3.29. The number of benzene rings is 1. The average Bonchev–Trinajstić information content (AvgIpc) is 2.32. The number of fused-ring (bicyclic) bond motifs is 1. The van der Waals surface area contributed by atoms with Crippen LogP contribution in [0.15, 0.2) is 21.3 Å². The van der Waals surface area contributed by atoms with E-state index < -0.39 is 11.4 Å². The zero-order valence-electron chi connectivity index (χ0n) is 11.1. The second-order valence-electron chi connectivity index (χ2n) is 4.32. The second-order valence-corrected chi connectivity index (χ2v) is 4.32. The van der Waals surface area contributed by atoms with Crippen molar-refractivity contribution >= 4 is 22.8 Å². The summed E-state index contributed by atoms with van der Waals surface area (Å²) in [4.78, 5) is 24.0. The largest absolute Gasteiger partial charge is 0.462 e. The minimum Gasteiger partial charge on any atom is -0.462 e.